The van der Waals surface area contributed by atoms with Gasteiger partial charge in [-0.05, 0) is 12.1 Å². The van der Waals surface area contributed by atoms with Crippen LogP contribution in [0.3, 0.4) is 0 Å². The smallest absolute Gasteiger partial charge is 0.224 e. The average Bonchev–Trinajstić information content (AvgIpc) is 2.21. The number of amides is 1. The molecule has 0 radical (unpaired) electrons. The molecule has 1 aliphatic heterocycles. The van der Waals surface area contributed by atoms with Crippen molar-refractivity contribution in [3.63, 3.8) is 0 Å². The highest BCUT2D eigenvalue weighted by molar-refractivity contribution is 6.31. The summed E-state index contributed by atoms with van der Waals surface area (Å²) in [6.45, 7) is 2.50. The molecule has 1 amide bonds. The van der Waals surface area contributed by atoms with Crippen LogP contribution in [0.15, 0.2) is 18.2 Å². The Bertz CT molecular complexity index is 404. The van der Waals surface area contributed by atoms with Crippen LogP contribution in [0.4, 0.5) is 4.39 Å². The first-order valence-corrected chi connectivity index (χ1v) is 5.95. The summed E-state index contributed by atoms with van der Waals surface area (Å²) in [6.07, 6.45) is -0.00828. The van der Waals surface area contributed by atoms with Crippen LogP contribution >= 0.6 is 24.0 Å². The second-order valence-electron chi connectivity index (χ2n) is 4.21. The number of benzene rings is 1. The Morgan fingerprint density at radius 1 is 1.50 bits per heavy atom. The fourth-order valence-electron chi connectivity index (χ4n) is 1.68. The molecule has 0 spiro atoms. The summed E-state index contributed by atoms with van der Waals surface area (Å²) in [5.74, 6) is -0.128. The predicted molar refractivity (Wildman–Crippen MR) is 71.7 cm³/mol. The topological polar surface area (TPSA) is 41.1 Å². The zero-order chi connectivity index (χ0) is 12.3. The summed E-state index contributed by atoms with van der Waals surface area (Å²) in [5, 5.41) is 6.20. The number of carbonyl (C=O) groups is 1. The second-order valence-corrected chi connectivity index (χ2v) is 4.61. The molecule has 1 heterocycles. The molecule has 0 unspecified atom stereocenters. The first kappa shape index (κ1) is 15.2. The number of hydrogen-bond acceptors (Lipinski definition) is 2. The van der Waals surface area contributed by atoms with Crippen molar-refractivity contribution in [2.45, 2.75) is 6.42 Å². The van der Waals surface area contributed by atoms with Crippen molar-refractivity contribution >= 4 is 29.9 Å². The normalized spacial score (nSPS) is 14.6. The van der Waals surface area contributed by atoms with Gasteiger partial charge in [0.05, 0.1) is 6.42 Å². The molecular formula is C12H15Cl2FN2O. The van der Waals surface area contributed by atoms with Crippen molar-refractivity contribution in [2.75, 3.05) is 19.6 Å². The summed E-state index contributed by atoms with van der Waals surface area (Å²) in [4.78, 5) is 11.6. The Labute approximate surface area is 116 Å². The molecule has 100 valence electrons. The van der Waals surface area contributed by atoms with Crippen LogP contribution in [0.2, 0.25) is 5.02 Å². The van der Waals surface area contributed by atoms with E-state index in [0.717, 1.165) is 13.1 Å². The van der Waals surface area contributed by atoms with E-state index in [9.17, 15) is 9.18 Å². The maximum absolute atomic E-state index is 13.4. The lowest BCUT2D eigenvalue weighted by Gasteiger charge is -2.27. The maximum Gasteiger partial charge on any atom is 0.224 e. The van der Waals surface area contributed by atoms with Gasteiger partial charge in [0.1, 0.15) is 5.82 Å². The lowest BCUT2D eigenvalue weighted by molar-refractivity contribution is -0.120. The average molecular weight is 293 g/mol. The summed E-state index contributed by atoms with van der Waals surface area (Å²) in [6, 6.07) is 4.42. The van der Waals surface area contributed by atoms with Gasteiger partial charge in [-0.25, -0.2) is 4.39 Å². The van der Waals surface area contributed by atoms with E-state index in [0.29, 0.717) is 17.5 Å². The number of nitrogens with one attached hydrogen (secondary N) is 2. The monoisotopic (exact) mass is 292 g/mol. The second kappa shape index (κ2) is 6.92. The Morgan fingerprint density at radius 3 is 2.78 bits per heavy atom. The van der Waals surface area contributed by atoms with Crippen molar-refractivity contribution in [1.82, 2.24) is 10.6 Å². The van der Waals surface area contributed by atoms with Crippen molar-refractivity contribution in [3.8, 4) is 0 Å². The molecule has 6 heteroatoms. The molecular weight excluding hydrogens is 278 g/mol. The van der Waals surface area contributed by atoms with Gasteiger partial charge >= 0.3 is 0 Å². The molecule has 1 saturated heterocycles. The van der Waals surface area contributed by atoms with Gasteiger partial charge in [0.2, 0.25) is 5.91 Å². The van der Waals surface area contributed by atoms with Crippen LogP contribution in [-0.2, 0) is 11.2 Å². The van der Waals surface area contributed by atoms with E-state index >= 15 is 0 Å². The Hall–Kier alpha value is -0.840. The van der Waals surface area contributed by atoms with Crippen molar-refractivity contribution in [3.05, 3.63) is 34.6 Å². The molecule has 1 aromatic rings. The van der Waals surface area contributed by atoms with Gasteiger partial charge in [-0.3, -0.25) is 4.79 Å². The van der Waals surface area contributed by atoms with Crippen LogP contribution in [0.5, 0.6) is 0 Å². The zero-order valence-electron chi connectivity index (χ0n) is 9.71. The molecule has 0 aromatic heterocycles. The van der Waals surface area contributed by atoms with E-state index in [1.54, 1.807) is 6.07 Å². The van der Waals surface area contributed by atoms with E-state index in [1.807, 2.05) is 0 Å². The maximum atomic E-state index is 13.4. The number of rotatable bonds is 4. The molecule has 1 fully saturated rings. The fourth-order valence-corrected chi connectivity index (χ4v) is 1.91. The Morgan fingerprint density at radius 2 is 2.22 bits per heavy atom. The van der Waals surface area contributed by atoms with Crippen LogP contribution in [0.25, 0.3) is 0 Å². The van der Waals surface area contributed by atoms with E-state index in [1.165, 1.54) is 12.1 Å². The summed E-state index contributed by atoms with van der Waals surface area (Å²) < 4.78 is 13.4. The number of halogens is 3. The lowest BCUT2D eigenvalue weighted by atomic mass is 10.0. The Balaban J connectivity index is 0.00000162. The van der Waals surface area contributed by atoms with E-state index in [2.05, 4.69) is 10.6 Å². The largest absolute Gasteiger partial charge is 0.355 e. The highest BCUT2D eigenvalue weighted by Crippen LogP contribution is 2.19. The molecule has 0 bridgehead atoms. The minimum Gasteiger partial charge on any atom is -0.355 e. The summed E-state index contributed by atoms with van der Waals surface area (Å²) in [7, 11) is 0. The lowest BCUT2D eigenvalue weighted by Crippen LogP contribution is -2.48. The molecule has 2 rings (SSSR count). The van der Waals surface area contributed by atoms with Crippen molar-refractivity contribution < 1.29 is 9.18 Å². The molecule has 1 aliphatic rings. The van der Waals surface area contributed by atoms with E-state index < -0.39 is 5.82 Å². The SMILES string of the molecule is Cl.O=C(Cc1c(F)cccc1Cl)NCC1CNC1. The Kier molecular flexibility index (Phi) is 5.85. The van der Waals surface area contributed by atoms with Crippen LogP contribution in [0.1, 0.15) is 5.56 Å². The molecule has 18 heavy (non-hydrogen) atoms. The van der Waals surface area contributed by atoms with Crippen LogP contribution in [0, 0.1) is 11.7 Å². The van der Waals surface area contributed by atoms with Crippen LogP contribution in [-0.4, -0.2) is 25.5 Å². The summed E-state index contributed by atoms with van der Waals surface area (Å²) >= 11 is 5.84. The molecule has 0 atom stereocenters. The first-order chi connectivity index (χ1) is 8.16. The number of carbonyl (C=O) groups excluding carboxylic acids is 1. The highest BCUT2D eigenvalue weighted by Gasteiger charge is 2.18. The molecule has 3 nitrogen and oxygen atoms in total. The molecule has 1 aromatic carbocycles. The van der Waals surface area contributed by atoms with Crippen molar-refractivity contribution in [1.29, 1.82) is 0 Å². The van der Waals surface area contributed by atoms with E-state index in [-0.39, 0.29) is 30.3 Å². The van der Waals surface area contributed by atoms with E-state index in [4.69, 9.17) is 11.6 Å². The molecule has 2 N–H and O–H groups in total. The quantitative estimate of drug-likeness (QED) is 0.888. The van der Waals surface area contributed by atoms with Gasteiger partial charge in [-0.2, -0.15) is 0 Å². The minimum absolute atomic E-state index is 0. The predicted octanol–water partition coefficient (Wildman–Crippen LogP) is 1.78. The van der Waals surface area contributed by atoms with Gasteiger partial charge < -0.3 is 10.6 Å². The zero-order valence-corrected chi connectivity index (χ0v) is 11.3. The molecule has 0 aliphatic carbocycles. The fraction of sp³-hybridized carbons (Fsp3) is 0.417. The highest BCUT2D eigenvalue weighted by atomic mass is 35.5. The summed E-state index contributed by atoms with van der Waals surface area (Å²) in [5.41, 5.74) is 0.262. The van der Waals surface area contributed by atoms with Gasteiger partial charge in [0.15, 0.2) is 0 Å². The third kappa shape index (κ3) is 3.83. The minimum atomic E-state index is -0.432. The van der Waals surface area contributed by atoms with Crippen molar-refractivity contribution in [2.24, 2.45) is 5.92 Å². The van der Waals surface area contributed by atoms with Gasteiger partial charge in [0.25, 0.3) is 0 Å². The first-order valence-electron chi connectivity index (χ1n) is 5.57. The van der Waals surface area contributed by atoms with Crippen LogP contribution < -0.4 is 10.6 Å². The molecule has 0 saturated carbocycles. The van der Waals surface area contributed by atoms with Gasteiger partial charge in [-0.15, -0.1) is 12.4 Å². The third-order valence-corrected chi connectivity index (χ3v) is 3.21. The standard InChI is InChI=1S/C12H14ClFN2O.ClH/c13-10-2-1-3-11(14)9(10)4-12(17)16-7-8-5-15-6-8;/h1-3,8,15H,4-7H2,(H,16,17);1H. The van der Waals surface area contributed by atoms with Gasteiger partial charge in [-0.1, -0.05) is 17.7 Å². The van der Waals surface area contributed by atoms with Gasteiger partial charge in [0, 0.05) is 36.1 Å². The third-order valence-electron chi connectivity index (χ3n) is 2.85. The number of hydrogen-bond donors (Lipinski definition) is 2.